The van der Waals surface area contributed by atoms with Gasteiger partial charge in [-0.15, -0.1) is 5.10 Å². The summed E-state index contributed by atoms with van der Waals surface area (Å²) >= 11 is 0. The van der Waals surface area contributed by atoms with Crippen LogP contribution >= 0.6 is 0 Å². The Hall–Kier alpha value is -1.20. The lowest BCUT2D eigenvalue weighted by molar-refractivity contribution is 0.220. The molecule has 0 radical (unpaired) electrons. The number of aromatic nitrogens is 2. The van der Waals surface area contributed by atoms with E-state index in [-0.39, 0.29) is 0 Å². The molecule has 0 amide bonds. The van der Waals surface area contributed by atoms with Crippen LogP contribution in [0.15, 0.2) is 12.1 Å². The second-order valence-electron chi connectivity index (χ2n) is 5.19. The first-order valence-electron chi connectivity index (χ1n) is 7.17. The second-order valence-corrected chi connectivity index (χ2v) is 5.19. The second kappa shape index (κ2) is 6.82. The molecule has 1 N–H and O–H groups in total. The summed E-state index contributed by atoms with van der Waals surface area (Å²) in [6, 6.07) is 4.72. The van der Waals surface area contributed by atoms with Gasteiger partial charge in [0.2, 0.25) is 0 Å². The molecule has 1 saturated heterocycles. The van der Waals surface area contributed by atoms with E-state index in [0.29, 0.717) is 6.04 Å². The third-order valence-electron chi connectivity index (χ3n) is 3.98. The van der Waals surface area contributed by atoms with Crippen molar-refractivity contribution in [2.24, 2.45) is 0 Å². The summed E-state index contributed by atoms with van der Waals surface area (Å²) in [5.74, 6) is 0.981. The van der Waals surface area contributed by atoms with Gasteiger partial charge in [-0.25, -0.2) is 0 Å². The van der Waals surface area contributed by atoms with Gasteiger partial charge in [-0.1, -0.05) is 6.92 Å². The van der Waals surface area contributed by atoms with E-state index in [4.69, 9.17) is 0 Å². The van der Waals surface area contributed by atoms with Crippen molar-refractivity contribution in [2.75, 3.05) is 38.6 Å². The van der Waals surface area contributed by atoms with E-state index in [1.54, 1.807) is 0 Å². The van der Waals surface area contributed by atoms with Crippen molar-refractivity contribution in [2.45, 2.75) is 32.4 Å². The molecule has 0 bridgehead atoms. The van der Waals surface area contributed by atoms with Crippen LogP contribution in [0.25, 0.3) is 0 Å². The highest BCUT2D eigenvalue weighted by Gasteiger charge is 2.22. The van der Waals surface area contributed by atoms with Crippen LogP contribution in [0.3, 0.4) is 0 Å². The van der Waals surface area contributed by atoms with E-state index in [0.717, 1.165) is 24.6 Å². The topological polar surface area (TPSA) is 44.3 Å². The molecular formula is C14H25N5. The predicted octanol–water partition coefficient (Wildman–Crippen LogP) is 1.12. The molecule has 5 heteroatoms. The molecule has 1 aromatic rings. The van der Waals surface area contributed by atoms with Gasteiger partial charge in [-0.05, 0) is 38.6 Å². The van der Waals surface area contributed by atoms with Crippen LogP contribution in [-0.4, -0.2) is 54.9 Å². The van der Waals surface area contributed by atoms with Crippen molar-refractivity contribution in [3.8, 4) is 0 Å². The first kappa shape index (κ1) is 14.2. The molecular weight excluding hydrogens is 238 g/mol. The van der Waals surface area contributed by atoms with Crippen molar-refractivity contribution < 1.29 is 0 Å². The van der Waals surface area contributed by atoms with Gasteiger partial charge in [0.1, 0.15) is 0 Å². The van der Waals surface area contributed by atoms with Crippen LogP contribution in [0.5, 0.6) is 0 Å². The van der Waals surface area contributed by atoms with E-state index in [1.807, 2.05) is 7.05 Å². The number of rotatable bonds is 5. The van der Waals surface area contributed by atoms with Crippen LogP contribution in [0.1, 0.15) is 25.5 Å². The Kier molecular flexibility index (Phi) is 5.10. The molecule has 0 aromatic carbocycles. The number of hydrogen-bond acceptors (Lipinski definition) is 5. The SMILES string of the molecule is CCN1CCC(N(C)c2ccc(CNC)nn2)CC1. The largest absolute Gasteiger partial charge is 0.355 e. The van der Waals surface area contributed by atoms with Crippen LogP contribution in [0, 0.1) is 0 Å². The van der Waals surface area contributed by atoms with Gasteiger partial charge >= 0.3 is 0 Å². The molecule has 0 spiro atoms. The fourth-order valence-electron chi connectivity index (χ4n) is 2.63. The maximum atomic E-state index is 4.33. The Morgan fingerprint density at radius 2 is 2.05 bits per heavy atom. The number of piperidine rings is 1. The highest BCUT2D eigenvalue weighted by Crippen LogP contribution is 2.19. The molecule has 0 aliphatic carbocycles. The highest BCUT2D eigenvalue weighted by atomic mass is 15.3. The molecule has 19 heavy (non-hydrogen) atoms. The summed E-state index contributed by atoms with van der Waals surface area (Å²) < 4.78 is 0. The summed E-state index contributed by atoms with van der Waals surface area (Å²) in [6.45, 7) is 6.55. The van der Waals surface area contributed by atoms with Crippen LogP contribution in [0.2, 0.25) is 0 Å². The monoisotopic (exact) mass is 263 g/mol. The van der Waals surface area contributed by atoms with Crippen molar-refractivity contribution in [1.82, 2.24) is 20.4 Å². The summed E-state index contributed by atoms with van der Waals surface area (Å²) in [6.07, 6.45) is 2.43. The molecule has 1 aromatic heterocycles. The first-order valence-corrected chi connectivity index (χ1v) is 7.17. The minimum Gasteiger partial charge on any atom is -0.355 e. The highest BCUT2D eigenvalue weighted by molar-refractivity contribution is 5.37. The fraction of sp³-hybridized carbons (Fsp3) is 0.714. The smallest absolute Gasteiger partial charge is 0.151 e. The molecule has 0 unspecified atom stereocenters. The summed E-state index contributed by atoms with van der Waals surface area (Å²) in [4.78, 5) is 4.79. The third-order valence-corrected chi connectivity index (χ3v) is 3.98. The third kappa shape index (κ3) is 3.64. The van der Waals surface area contributed by atoms with Gasteiger partial charge in [0.25, 0.3) is 0 Å². The fourth-order valence-corrected chi connectivity index (χ4v) is 2.63. The zero-order chi connectivity index (χ0) is 13.7. The van der Waals surface area contributed by atoms with E-state index >= 15 is 0 Å². The summed E-state index contributed by atoms with van der Waals surface area (Å²) in [5.41, 5.74) is 0.987. The van der Waals surface area contributed by atoms with Gasteiger partial charge in [-0.2, -0.15) is 5.10 Å². The van der Waals surface area contributed by atoms with Gasteiger partial charge in [-0.3, -0.25) is 0 Å². The molecule has 106 valence electrons. The molecule has 1 fully saturated rings. The van der Waals surface area contributed by atoms with Crippen molar-refractivity contribution in [3.63, 3.8) is 0 Å². The lowest BCUT2D eigenvalue weighted by Gasteiger charge is -2.36. The summed E-state index contributed by atoms with van der Waals surface area (Å²) in [7, 11) is 4.05. The molecule has 0 atom stereocenters. The molecule has 1 aliphatic rings. The van der Waals surface area contributed by atoms with E-state index in [2.05, 4.69) is 51.4 Å². The van der Waals surface area contributed by atoms with Crippen LogP contribution in [0.4, 0.5) is 5.82 Å². The number of nitrogens with one attached hydrogen (secondary N) is 1. The van der Waals surface area contributed by atoms with E-state index in [1.165, 1.54) is 25.9 Å². The average Bonchev–Trinajstić information content (AvgIpc) is 2.48. The Morgan fingerprint density at radius 3 is 2.58 bits per heavy atom. The van der Waals surface area contributed by atoms with Gasteiger partial charge in [0.05, 0.1) is 5.69 Å². The van der Waals surface area contributed by atoms with Gasteiger partial charge < -0.3 is 15.1 Å². The molecule has 1 aliphatic heterocycles. The zero-order valence-corrected chi connectivity index (χ0v) is 12.3. The van der Waals surface area contributed by atoms with Gasteiger partial charge in [0.15, 0.2) is 5.82 Å². The minimum absolute atomic E-state index is 0.590. The van der Waals surface area contributed by atoms with Crippen LogP contribution < -0.4 is 10.2 Å². The molecule has 5 nitrogen and oxygen atoms in total. The van der Waals surface area contributed by atoms with Gasteiger partial charge in [0, 0.05) is 32.7 Å². The maximum Gasteiger partial charge on any atom is 0.151 e. The average molecular weight is 263 g/mol. The zero-order valence-electron chi connectivity index (χ0n) is 12.3. The maximum absolute atomic E-state index is 4.33. The Bertz CT molecular complexity index is 370. The van der Waals surface area contributed by atoms with Crippen molar-refractivity contribution in [3.05, 3.63) is 17.8 Å². The molecule has 2 rings (SSSR count). The quantitative estimate of drug-likeness (QED) is 0.862. The number of hydrogen-bond donors (Lipinski definition) is 1. The number of likely N-dealkylation sites (tertiary alicyclic amines) is 1. The number of nitrogens with zero attached hydrogens (tertiary/aromatic N) is 4. The first-order chi connectivity index (χ1) is 9.24. The van der Waals surface area contributed by atoms with Crippen molar-refractivity contribution >= 4 is 5.82 Å². The lowest BCUT2D eigenvalue weighted by Crippen LogP contribution is -2.43. The minimum atomic E-state index is 0.590. The standard InChI is InChI=1S/C14H25N5/c1-4-19-9-7-13(8-10-19)18(3)14-6-5-12(11-15-2)16-17-14/h5-6,13,15H,4,7-11H2,1-3H3. The Morgan fingerprint density at radius 1 is 1.32 bits per heavy atom. The number of anilines is 1. The van der Waals surface area contributed by atoms with E-state index in [9.17, 15) is 0 Å². The molecule has 0 saturated carbocycles. The van der Waals surface area contributed by atoms with Crippen LogP contribution in [-0.2, 0) is 6.54 Å². The lowest BCUT2D eigenvalue weighted by atomic mass is 10.0. The summed E-state index contributed by atoms with van der Waals surface area (Å²) in [5, 5.41) is 11.7. The molecule has 2 heterocycles. The van der Waals surface area contributed by atoms with E-state index < -0.39 is 0 Å². The Labute approximate surface area is 116 Å². The normalized spacial score (nSPS) is 17.6. The Balaban J connectivity index is 1.94. The van der Waals surface area contributed by atoms with Crippen molar-refractivity contribution in [1.29, 1.82) is 0 Å². The predicted molar refractivity (Wildman–Crippen MR) is 78.3 cm³/mol.